The molecule has 8 heteroatoms. The van der Waals surface area contributed by atoms with Gasteiger partial charge in [-0.2, -0.15) is 0 Å². The van der Waals surface area contributed by atoms with Crippen LogP contribution in [0.2, 0.25) is 5.02 Å². The predicted octanol–water partition coefficient (Wildman–Crippen LogP) is 3.33. The number of fused-ring (bicyclic) bond motifs is 1. The average molecular weight is 477 g/mol. The number of aromatic nitrogens is 1. The molecule has 0 aliphatic heterocycles. The summed E-state index contributed by atoms with van der Waals surface area (Å²) in [5.74, 6) is -0.486. The molecule has 6 nitrogen and oxygen atoms in total. The number of amides is 1. The molecule has 25 heavy (non-hydrogen) atoms. The number of halogens is 2. The lowest BCUT2D eigenvalue weighted by Crippen LogP contribution is -2.30. The van der Waals surface area contributed by atoms with Crippen LogP contribution in [0, 0.1) is 3.57 Å². The summed E-state index contributed by atoms with van der Waals surface area (Å²) in [5.41, 5.74) is 0.574. The predicted molar refractivity (Wildman–Crippen MR) is 104 cm³/mol. The zero-order chi connectivity index (χ0) is 18.2. The number of carbonyl (C=O) groups is 2. The molecule has 1 aromatic carbocycles. The Morgan fingerprint density at radius 1 is 1.36 bits per heavy atom. The maximum absolute atomic E-state index is 11.8. The van der Waals surface area contributed by atoms with Crippen molar-refractivity contribution in [1.82, 2.24) is 10.3 Å². The van der Waals surface area contributed by atoms with Crippen LogP contribution >= 0.6 is 34.2 Å². The molecule has 134 valence electrons. The minimum absolute atomic E-state index is 0.314. The molecule has 0 atom stereocenters. The van der Waals surface area contributed by atoms with E-state index >= 15 is 0 Å². The van der Waals surface area contributed by atoms with E-state index in [4.69, 9.17) is 21.1 Å². The molecule has 1 amide bonds. The molecule has 1 heterocycles. The fourth-order valence-corrected chi connectivity index (χ4v) is 3.23. The fraction of sp³-hybridized carbons (Fsp3) is 0.353. The van der Waals surface area contributed by atoms with Crippen molar-refractivity contribution in [2.75, 3.05) is 19.8 Å². The molecule has 1 N–H and O–H groups in total. The first kappa shape index (κ1) is 19.7. The van der Waals surface area contributed by atoms with E-state index in [1.807, 2.05) is 13.0 Å². The van der Waals surface area contributed by atoms with E-state index in [2.05, 4.69) is 32.9 Å². The second-order valence-corrected chi connectivity index (χ2v) is 6.79. The highest BCUT2D eigenvalue weighted by Gasteiger charge is 2.14. The number of rotatable bonds is 8. The first-order valence-corrected chi connectivity index (χ1v) is 9.26. The summed E-state index contributed by atoms with van der Waals surface area (Å²) in [5, 5.41) is 3.97. The van der Waals surface area contributed by atoms with E-state index in [-0.39, 0.29) is 19.1 Å². The van der Waals surface area contributed by atoms with E-state index < -0.39 is 5.97 Å². The van der Waals surface area contributed by atoms with Crippen molar-refractivity contribution in [3.05, 3.63) is 33.0 Å². The number of unbranched alkanes of at least 4 members (excludes halogenated alkanes) is 1. The van der Waals surface area contributed by atoms with Crippen LogP contribution in [0.4, 0.5) is 0 Å². The monoisotopic (exact) mass is 476 g/mol. The molecule has 0 unspecified atom stereocenters. The molecule has 0 spiro atoms. The summed E-state index contributed by atoms with van der Waals surface area (Å²) in [6.07, 6.45) is 3.49. The molecule has 2 rings (SSSR count). The minimum atomic E-state index is -0.625. The topological polar surface area (TPSA) is 77.5 Å². The Kier molecular flexibility index (Phi) is 7.70. The van der Waals surface area contributed by atoms with Crippen LogP contribution < -0.4 is 10.1 Å². The SMILES string of the molecule is CCCCNC(=O)COC(=O)COc1c(I)cc(Cl)c2cccnc12. The van der Waals surface area contributed by atoms with Gasteiger partial charge in [0.05, 0.1) is 8.59 Å². The van der Waals surface area contributed by atoms with Crippen molar-refractivity contribution in [2.24, 2.45) is 0 Å². The summed E-state index contributed by atoms with van der Waals surface area (Å²) in [4.78, 5) is 27.6. The minimum Gasteiger partial charge on any atom is -0.478 e. The van der Waals surface area contributed by atoms with Gasteiger partial charge in [-0.15, -0.1) is 0 Å². The highest BCUT2D eigenvalue weighted by atomic mass is 127. The number of ether oxygens (including phenoxy) is 2. The molecule has 0 saturated heterocycles. The standard InChI is InChI=1S/C17H18ClIN2O4/c1-2-3-6-20-14(22)9-24-15(23)10-25-17-13(19)8-12(18)11-5-4-7-21-16(11)17/h4-5,7-8H,2-3,6,9-10H2,1H3,(H,20,22). The molecule has 0 fully saturated rings. The fourth-order valence-electron chi connectivity index (χ4n) is 2.06. The Bertz CT molecular complexity index is 770. The quantitative estimate of drug-likeness (QED) is 0.359. The van der Waals surface area contributed by atoms with E-state index in [0.29, 0.717) is 22.8 Å². The summed E-state index contributed by atoms with van der Waals surface area (Å²) in [6.45, 7) is 1.97. The Labute approximate surface area is 164 Å². The Morgan fingerprint density at radius 2 is 2.16 bits per heavy atom. The Hall–Kier alpha value is -1.61. The summed E-state index contributed by atoms with van der Waals surface area (Å²) in [7, 11) is 0. The van der Waals surface area contributed by atoms with Crippen LogP contribution in [0.3, 0.4) is 0 Å². The highest BCUT2D eigenvalue weighted by Crippen LogP contribution is 2.34. The first-order chi connectivity index (χ1) is 12.0. The highest BCUT2D eigenvalue weighted by molar-refractivity contribution is 14.1. The third-order valence-corrected chi connectivity index (χ3v) is 4.42. The number of pyridine rings is 1. The number of hydrogen-bond acceptors (Lipinski definition) is 5. The smallest absolute Gasteiger partial charge is 0.344 e. The van der Waals surface area contributed by atoms with Crippen LogP contribution in [-0.4, -0.2) is 36.6 Å². The van der Waals surface area contributed by atoms with E-state index in [1.165, 1.54) is 0 Å². The van der Waals surface area contributed by atoms with Gasteiger partial charge in [0.1, 0.15) is 5.52 Å². The van der Waals surface area contributed by atoms with Crippen molar-refractivity contribution >= 4 is 57.0 Å². The lowest BCUT2D eigenvalue weighted by atomic mass is 10.2. The van der Waals surface area contributed by atoms with E-state index in [1.54, 1.807) is 18.3 Å². The van der Waals surface area contributed by atoms with Gasteiger partial charge in [0.2, 0.25) is 0 Å². The largest absolute Gasteiger partial charge is 0.478 e. The lowest BCUT2D eigenvalue weighted by molar-refractivity contribution is -0.150. The van der Waals surface area contributed by atoms with Crippen molar-refractivity contribution in [1.29, 1.82) is 0 Å². The van der Waals surface area contributed by atoms with Gasteiger partial charge in [-0.1, -0.05) is 24.9 Å². The summed E-state index contributed by atoms with van der Waals surface area (Å²) < 4.78 is 11.2. The van der Waals surface area contributed by atoms with E-state index in [0.717, 1.165) is 21.8 Å². The number of esters is 1. The number of nitrogens with zero attached hydrogens (tertiary/aromatic N) is 1. The summed E-state index contributed by atoms with van der Waals surface area (Å²) in [6, 6.07) is 5.34. The first-order valence-electron chi connectivity index (χ1n) is 7.80. The molecule has 0 aliphatic carbocycles. The maximum atomic E-state index is 11.8. The number of benzene rings is 1. The van der Waals surface area contributed by atoms with Gasteiger partial charge in [-0.3, -0.25) is 9.78 Å². The van der Waals surface area contributed by atoms with Crippen LogP contribution in [0.5, 0.6) is 5.75 Å². The molecule has 0 aliphatic rings. The van der Waals surface area contributed by atoms with Crippen molar-refractivity contribution in [3.8, 4) is 5.75 Å². The normalized spacial score (nSPS) is 10.5. The van der Waals surface area contributed by atoms with Crippen molar-refractivity contribution in [2.45, 2.75) is 19.8 Å². The Morgan fingerprint density at radius 3 is 2.92 bits per heavy atom. The number of carbonyl (C=O) groups excluding carboxylic acids is 2. The van der Waals surface area contributed by atoms with Gasteiger partial charge >= 0.3 is 5.97 Å². The zero-order valence-electron chi connectivity index (χ0n) is 13.7. The average Bonchev–Trinajstić information content (AvgIpc) is 2.60. The van der Waals surface area contributed by atoms with Crippen LogP contribution in [0.15, 0.2) is 24.4 Å². The zero-order valence-corrected chi connectivity index (χ0v) is 16.6. The van der Waals surface area contributed by atoms with E-state index in [9.17, 15) is 9.59 Å². The van der Waals surface area contributed by atoms with Crippen LogP contribution in [0.1, 0.15) is 19.8 Å². The van der Waals surface area contributed by atoms with Gasteiger partial charge < -0.3 is 14.8 Å². The van der Waals surface area contributed by atoms with Gasteiger partial charge in [0.25, 0.3) is 5.91 Å². The Balaban J connectivity index is 1.92. The number of hydrogen-bond donors (Lipinski definition) is 1. The van der Waals surface area contributed by atoms with Gasteiger partial charge in [0, 0.05) is 18.1 Å². The third kappa shape index (κ3) is 5.71. The molecule has 0 bridgehead atoms. The van der Waals surface area contributed by atoms with Crippen LogP contribution in [0.25, 0.3) is 10.9 Å². The van der Waals surface area contributed by atoms with Gasteiger partial charge in [-0.25, -0.2) is 4.79 Å². The second-order valence-electron chi connectivity index (χ2n) is 5.22. The molecule has 0 saturated carbocycles. The van der Waals surface area contributed by atoms with Gasteiger partial charge in [0.15, 0.2) is 19.0 Å². The molecule has 2 aromatic rings. The molecular weight excluding hydrogens is 459 g/mol. The lowest BCUT2D eigenvalue weighted by Gasteiger charge is -2.11. The number of nitrogens with one attached hydrogen (secondary N) is 1. The second kappa shape index (κ2) is 9.76. The molecule has 1 aromatic heterocycles. The molecular formula is C17H18ClIN2O4. The van der Waals surface area contributed by atoms with Crippen LogP contribution in [-0.2, 0) is 14.3 Å². The maximum Gasteiger partial charge on any atom is 0.344 e. The van der Waals surface area contributed by atoms with Crippen molar-refractivity contribution < 1.29 is 19.1 Å². The third-order valence-electron chi connectivity index (χ3n) is 3.30. The molecule has 0 radical (unpaired) electrons. The van der Waals surface area contributed by atoms with Crippen molar-refractivity contribution in [3.63, 3.8) is 0 Å². The van der Waals surface area contributed by atoms with Gasteiger partial charge in [-0.05, 0) is 47.2 Å². The summed E-state index contributed by atoms with van der Waals surface area (Å²) >= 11 is 8.26.